The lowest BCUT2D eigenvalue weighted by molar-refractivity contribution is 0.443. The van der Waals surface area contributed by atoms with Gasteiger partial charge in [-0.05, 0) is 89.9 Å². The van der Waals surface area contributed by atoms with Gasteiger partial charge >= 0.3 is 0 Å². The van der Waals surface area contributed by atoms with Gasteiger partial charge in [0.25, 0.3) is 0 Å². The van der Waals surface area contributed by atoms with Crippen LogP contribution in [0, 0.1) is 11.8 Å². The van der Waals surface area contributed by atoms with Crippen molar-refractivity contribution in [1.29, 1.82) is 0 Å². The molecule has 8 heteroatoms. The molecule has 0 saturated heterocycles. The van der Waals surface area contributed by atoms with Crippen molar-refractivity contribution in [2.24, 2.45) is 11.8 Å². The van der Waals surface area contributed by atoms with Crippen LogP contribution in [0.15, 0.2) is 0 Å². The van der Waals surface area contributed by atoms with E-state index in [1.165, 1.54) is 64.5 Å². The van der Waals surface area contributed by atoms with Gasteiger partial charge in [0, 0.05) is 0 Å². The molecule has 0 rings (SSSR count). The first-order chi connectivity index (χ1) is 12.8. The van der Waals surface area contributed by atoms with Gasteiger partial charge in [-0.25, -0.2) is 0 Å². The van der Waals surface area contributed by atoms with Crippen LogP contribution in [-0.2, 0) is 0 Å². The first-order valence-electron chi connectivity index (χ1n) is 11.6. The Bertz CT molecular complexity index is 244. The maximum Gasteiger partial charge on any atom is -0.00207 e. The third-order valence-electron chi connectivity index (χ3n) is 5.55. The smallest absolute Gasteiger partial charge is 0.00207 e. The van der Waals surface area contributed by atoms with Crippen molar-refractivity contribution in [3.63, 3.8) is 0 Å². The van der Waals surface area contributed by atoms with Crippen LogP contribution in [0.5, 0.6) is 0 Å². The second kappa shape index (κ2) is 39.0. The van der Waals surface area contributed by atoms with Gasteiger partial charge in [-0.15, -0.1) is 67.9 Å². The summed E-state index contributed by atoms with van der Waals surface area (Å²) in [4.78, 5) is 0. The normalized spacial score (nSPS) is 9.87. The molecule has 0 atom stereocenters. The van der Waals surface area contributed by atoms with Gasteiger partial charge in [-0.1, -0.05) is 60.8 Å². The summed E-state index contributed by atoms with van der Waals surface area (Å²) in [5.74, 6) is 1.71. The van der Waals surface area contributed by atoms with Crippen LogP contribution in [0.3, 0.4) is 0 Å². The molecule has 31 heavy (non-hydrogen) atoms. The Balaban J connectivity index is -0.000000312. The van der Waals surface area contributed by atoms with E-state index in [0.29, 0.717) is 0 Å². The van der Waals surface area contributed by atoms with Gasteiger partial charge in [0.2, 0.25) is 0 Å². The van der Waals surface area contributed by atoms with Crippen molar-refractivity contribution in [3.8, 4) is 0 Å². The quantitative estimate of drug-likeness (QED) is 0.100. The van der Waals surface area contributed by atoms with E-state index in [4.69, 9.17) is 0 Å². The summed E-state index contributed by atoms with van der Waals surface area (Å²) >= 11 is 0. The summed E-state index contributed by atoms with van der Waals surface area (Å²) in [7, 11) is 0. The Kier molecular flexibility index (Phi) is 58.0. The molecule has 0 aliphatic heterocycles. The Morgan fingerprint density at radius 1 is 0.419 bits per heavy atom. The average Bonchev–Trinajstić information content (AvgIpc) is 2.67. The molecule has 0 saturated carbocycles. The molecule has 0 aromatic heterocycles. The number of hydrogen-bond acceptors (Lipinski definition) is 4. The Morgan fingerprint density at radius 3 is 0.968 bits per heavy atom. The maximum absolute atomic E-state index is 3.58. The second-order valence-corrected chi connectivity index (χ2v) is 7.69. The second-order valence-electron chi connectivity index (χ2n) is 7.69. The van der Waals surface area contributed by atoms with E-state index in [9.17, 15) is 0 Å². The SMILES string of the molecule is Br.Br.Br.Br.C.CCC(CC)CNCCCNCCCCNCCCNCC(CC)CC. The van der Waals surface area contributed by atoms with Crippen LogP contribution in [0.1, 0.15) is 86.5 Å². The Morgan fingerprint density at radius 2 is 0.677 bits per heavy atom. The first-order valence-corrected chi connectivity index (χ1v) is 11.6. The lowest BCUT2D eigenvalue weighted by Gasteiger charge is -2.13. The van der Waals surface area contributed by atoms with E-state index < -0.39 is 0 Å². The molecule has 0 heterocycles. The number of rotatable bonds is 21. The van der Waals surface area contributed by atoms with E-state index in [1.54, 1.807) is 0 Å². The largest absolute Gasteiger partial charge is 0.317 e. The fourth-order valence-corrected chi connectivity index (χ4v) is 3.19. The first kappa shape index (κ1) is 46.1. The maximum atomic E-state index is 3.58. The third-order valence-corrected chi connectivity index (χ3v) is 5.55. The monoisotopic (exact) mass is 706 g/mol. The molecule has 0 spiro atoms. The van der Waals surface area contributed by atoms with Crippen molar-refractivity contribution in [3.05, 3.63) is 0 Å². The summed E-state index contributed by atoms with van der Waals surface area (Å²) in [6.07, 6.45) is 10.2. The zero-order valence-electron chi connectivity index (χ0n) is 20.1. The summed E-state index contributed by atoms with van der Waals surface area (Å²) in [5, 5.41) is 14.3. The van der Waals surface area contributed by atoms with E-state index in [1.807, 2.05) is 0 Å². The minimum Gasteiger partial charge on any atom is -0.317 e. The molecular formula is C23H58Br4N4. The highest BCUT2D eigenvalue weighted by atomic mass is 79.9. The van der Waals surface area contributed by atoms with E-state index in [2.05, 4.69) is 49.0 Å². The molecule has 4 nitrogen and oxygen atoms in total. The Labute approximate surface area is 238 Å². The van der Waals surface area contributed by atoms with Gasteiger partial charge in [-0.2, -0.15) is 0 Å². The fourth-order valence-electron chi connectivity index (χ4n) is 3.19. The van der Waals surface area contributed by atoms with Crippen LogP contribution in [0.25, 0.3) is 0 Å². The molecule has 0 fully saturated rings. The summed E-state index contributed by atoms with van der Waals surface area (Å²) in [6.45, 7) is 18.4. The highest BCUT2D eigenvalue weighted by Crippen LogP contribution is 2.05. The van der Waals surface area contributed by atoms with Gasteiger partial charge in [0.1, 0.15) is 0 Å². The lowest BCUT2D eigenvalue weighted by Crippen LogP contribution is -2.27. The van der Waals surface area contributed by atoms with Crippen LogP contribution in [0.4, 0.5) is 0 Å². The summed E-state index contributed by atoms with van der Waals surface area (Å²) in [6, 6.07) is 0. The van der Waals surface area contributed by atoms with Gasteiger partial charge in [0.05, 0.1) is 0 Å². The fraction of sp³-hybridized carbons (Fsp3) is 1.00. The standard InChI is InChI=1S/C22H50N4.CH4.4BrH/c1-5-21(6-2)19-25-17-11-15-23-13-9-10-14-24-16-12-18-26-20-22(7-3)8-4;;;;;/h21-26H,5-20H2,1-4H3;1H4;4*1H. The number of unbranched alkanes of at least 4 members (excludes halogenated alkanes) is 1. The molecule has 198 valence electrons. The zero-order valence-corrected chi connectivity index (χ0v) is 27.0. The van der Waals surface area contributed by atoms with Crippen LogP contribution >= 0.6 is 67.9 Å². The van der Waals surface area contributed by atoms with Crippen molar-refractivity contribution in [1.82, 2.24) is 21.3 Å². The number of nitrogens with one attached hydrogen (secondary N) is 4. The lowest BCUT2D eigenvalue weighted by atomic mass is 10.0. The molecule has 0 aromatic rings. The summed E-state index contributed by atoms with van der Waals surface area (Å²) < 4.78 is 0. The van der Waals surface area contributed by atoms with Crippen LogP contribution < -0.4 is 21.3 Å². The zero-order chi connectivity index (χ0) is 19.3. The van der Waals surface area contributed by atoms with Crippen LogP contribution in [-0.4, -0.2) is 52.4 Å². The minimum atomic E-state index is 0. The van der Waals surface area contributed by atoms with Gasteiger partial charge in [0.15, 0.2) is 0 Å². The highest BCUT2D eigenvalue weighted by Gasteiger charge is 2.02. The molecule has 0 aliphatic carbocycles. The highest BCUT2D eigenvalue weighted by molar-refractivity contribution is 8.93. The minimum absolute atomic E-state index is 0. The third kappa shape index (κ3) is 34.0. The predicted molar refractivity (Wildman–Crippen MR) is 166 cm³/mol. The van der Waals surface area contributed by atoms with Gasteiger partial charge < -0.3 is 21.3 Å². The van der Waals surface area contributed by atoms with Crippen molar-refractivity contribution in [2.45, 2.75) is 86.5 Å². The topological polar surface area (TPSA) is 48.1 Å². The molecule has 0 radical (unpaired) electrons. The molecular weight excluding hydrogens is 652 g/mol. The molecule has 0 aliphatic rings. The molecule has 0 unspecified atom stereocenters. The molecule has 0 amide bonds. The van der Waals surface area contributed by atoms with Crippen molar-refractivity contribution in [2.75, 3.05) is 52.4 Å². The van der Waals surface area contributed by atoms with Crippen LogP contribution in [0.2, 0.25) is 0 Å². The molecule has 0 bridgehead atoms. The predicted octanol–water partition coefficient (Wildman–Crippen LogP) is 6.73. The number of hydrogen-bond donors (Lipinski definition) is 4. The average molecular weight is 710 g/mol. The van der Waals surface area contributed by atoms with Gasteiger partial charge in [-0.3, -0.25) is 0 Å². The molecule has 0 aromatic carbocycles. The Hall–Kier alpha value is 1.76. The van der Waals surface area contributed by atoms with E-state index in [0.717, 1.165) is 51.1 Å². The molecule has 4 N–H and O–H groups in total. The summed E-state index contributed by atoms with van der Waals surface area (Å²) in [5.41, 5.74) is 0. The van der Waals surface area contributed by atoms with Crippen molar-refractivity contribution >= 4 is 67.9 Å². The number of halogens is 4. The van der Waals surface area contributed by atoms with Crippen molar-refractivity contribution < 1.29 is 0 Å². The van der Waals surface area contributed by atoms with E-state index in [-0.39, 0.29) is 75.4 Å². The van der Waals surface area contributed by atoms with E-state index >= 15 is 0 Å².